The highest BCUT2D eigenvalue weighted by Gasteiger charge is 2.41. The Morgan fingerprint density at radius 3 is 2.54 bits per heavy atom. The Morgan fingerprint density at radius 1 is 1.33 bits per heavy atom. The second-order valence-corrected chi connectivity index (χ2v) is 7.94. The Bertz CT molecular complexity index is 576. The molecule has 3 nitrogen and oxygen atoms in total. The molecule has 1 fully saturated rings. The summed E-state index contributed by atoms with van der Waals surface area (Å²) in [6.45, 7) is 4.81. The van der Waals surface area contributed by atoms with Crippen molar-refractivity contribution in [1.82, 2.24) is 4.90 Å². The maximum absolute atomic E-state index is 11.8. The second kappa shape index (κ2) is 8.60. The smallest absolute Gasteiger partial charge is 0.301 e. The third kappa shape index (κ3) is 4.68. The number of unbranched alkanes of at least 4 members (excludes halogenated alkanes) is 1. The first kappa shape index (κ1) is 19.6. The van der Waals surface area contributed by atoms with Gasteiger partial charge in [0.1, 0.15) is 7.85 Å². The quantitative estimate of drug-likeness (QED) is 0.729. The fraction of sp³-hybridized carbons (Fsp3) is 0.611. The van der Waals surface area contributed by atoms with Crippen molar-refractivity contribution in [3.8, 4) is 0 Å². The zero-order valence-corrected chi connectivity index (χ0v) is 16.0. The molecule has 1 atom stereocenters. The number of nitrogens with zero attached hydrogens (tertiary/aromatic N) is 1. The first-order valence-corrected chi connectivity index (χ1v) is 9.52. The van der Waals surface area contributed by atoms with E-state index in [1.165, 1.54) is 0 Å². The third-order valence-electron chi connectivity index (χ3n) is 5.42. The van der Waals surface area contributed by atoms with E-state index in [2.05, 4.69) is 11.8 Å². The topological polar surface area (TPSA) is 40.5 Å². The van der Waals surface area contributed by atoms with Crippen LogP contribution in [-0.2, 0) is 11.3 Å². The van der Waals surface area contributed by atoms with E-state index in [4.69, 9.17) is 23.2 Å². The standard InChI is InChI=1S/C18H26BCl2NO2/c1-2-3-8-18(19,17(23)24)14-6-9-22(10-7-14)12-13-4-5-15(20)16(21)11-13/h4-5,11,14H,2-3,6-10,12,19H2,1H3,(H,23,24). The van der Waals surface area contributed by atoms with Gasteiger partial charge in [-0.2, -0.15) is 0 Å². The van der Waals surface area contributed by atoms with E-state index in [1.807, 2.05) is 26.0 Å². The summed E-state index contributed by atoms with van der Waals surface area (Å²) in [5.41, 5.74) is 1.15. The lowest BCUT2D eigenvalue weighted by atomic mass is 9.56. The number of benzene rings is 1. The summed E-state index contributed by atoms with van der Waals surface area (Å²) in [5.74, 6) is -0.384. The zero-order valence-electron chi connectivity index (χ0n) is 14.5. The molecule has 1 aromatic rings. The summed E-state index contributed by atoms with van der Waals surface area (Å²) >= 11 is 12.0. The van der Waals surface area contributed by atoms with E-state index in [-0.39, 0.29) is 5.92 Å². The molecule has 0 radical (unpaired) electrons. The molecule has 1 unspecified atom stereocenters. The van der Waals surface area contributed by atoms with Gasteiger partial charge in [-0.15, -0.1) is 0 Å². The number of carboxylic acids is 1. The van der Waals surface area contributed by atoms with Crippen LogP contribution in [0.15, 0.2) is 18.2 Å². The Morgan fingerprint density at radius 2 is 2.00 bits per heavy atom. The molecule has 1 aliphatic rings. The van der Waals surface area contributed by atoms with Crippen molar-refractivity contribution in [1.29, 1.82) is 0 Å². The predicted octanol–water partition coefficient (Wildman–Crippen LogP) is 4.27. The van der Waals surface area contributed by atoms with Gasteiger partial charge in [0.2, 0.25) is 0 Å². The van der Waals surface area contributed by atoms with Crippen LogP contribution in [0.4, 0.5) is 0 Å². The number of aliphatic carboxylic acids is 1. The Balaban J connectivity index is 1.94. The van der Waals surface area contributed by atoms with Crippen LogP contribution in [0.1, 0.15) is 44.6 Å². The van der Waals surface area contributed by atoms with Crippen LogP contribution < -0.4 is 0 Å². The molecule has 132 valence electrons. The summed E-state index contributed by atoms with van der Waals surface area (Å²) in [4.78, 5) is 14.2. The molecule has 0 bridgehead atoms. The van der Waals surface area contributed by atoms with Gasteiger partial charge in [-0.3, -0.25) is 9.69 Å². The Kier molecular flexibility index (Phi) is 7.03. The summed E-state index contributed by atoms with van der Waals surface area (Å²) in [5, 5.41) is 10.3. The van der Waals surface area contributed by atoms with E-state index in [9.17, 15) is 9.90 Å². The summed E-state index contributed by atoms with van der Waals surface area (Å²) in [6, 6.07) is 5.75. The van der Waals surface area contributed by atoms with Crippen molar-refractivity contribution < 1.29 is 9.90 Å². The van der Waals surface area contributed by atoms with Crippen molar-refractivity contribution in [2.75, 3.05) is 13.1 Å². The lowest BCUT2D eigenvalue weighted by Crippen LogP contribution is -2.41. The van der Waals surface area contributed by atoms with Crippen LogP contribution in [0.5, 0.6) is 0 Å². The average molecular weight is 370 g/mol. The minimum atomic E-state index is -0.640. The number of piperidine rings is 1. The molecule has 1 heterocycles. The summed E-state index contributed by atoms with van der Waals surface area (Å²) in [6.07, 6.45) is 4.67. The van der Waals surface area contributed by atoms with Gasteiger partial charge in [0.05, 0.1) is 10.0 Å². The molecule has 6 heteroatoms. The molecule has 1 N–H and O–H groups in total. The first-order chi connectivity index (χ1) is 11.4. The van der Waals surface area contributed by atoms with E-state index < -0.39 is 11.3 Å². The SMILES string of the molecule is BC(CCCC)(C(=O)O)C1CCN(Cc2ccc(Cl)c(Cl)c2)CC1. The number of hydrogen-bond acceptors (Lipinski definition) is 2. The normalized spacial score (nSPS) is 19.1. The molecule has 0 aliphatic carbocycles. The van der Waals surface area contributed by atoms with Crippen molar-refractivity contribution in [2.24, 2.45) is 5.92 Å². The maximum Gasteiger partial charge on any atom is 0.301 e. The zero-order chi connectivity index (χ0) is 17.7. The van der Waals surface area contributed by atoms with Gasteiger partial charge in [-0.25, -0.2) is 0 Å². The number of likely N-dealkylation sites (tertiary alicyclic amines) is 1. The molecule has 1 aliphatic heterocycles. The molecule has 0 spiro atoms. The van der Waals surface area contributed by atoms with Crippen LogP contribution in [0.25, 0.3) is 0 Å². The lowest BCUT2D eigenvalue weighted by molar-refractivity contribution is -0.143. The van der Waals surface area contributed by atoms with Crippen LogP contribution in [0.3, 0.4) is 0 Å². The summed E-state index contributed by atoms with van der Waals surface area (Å²) in [7, 11) is 1.93. The van der Waals surface area contributed by atoms with Gasteiger partial charge in [0.15, 0.2) is 0 Å². The largest absolute Gasteiger partial charge is 0.481 e. The van der Waals surface area contributed by atoms with Crippen molar-refractivity contribution in [3.05, 3.63) is 33.8 Å². The van der Waals surface area contributed by atoms with E-state index in [1.54, 1.807) is 0 Å². The first-order valence-electron chi connectivity index (χ1n) is 8.76. The van der Waals surface area contributed by atoms with Gasteiger partial charge in [0.25, 0.3) is 0 Å². The van der Waals surface area contributed by atoms with Crippen molar-refractivity contribution >= 4 is 37.0 Å². The van der Waals surface area contributed by atoms with E-state index in [0.717, 1.165) is 57.3 Å². The highest BCUT2D eigenvalue weighted by atomic mass is 35.5. The average Bonchev–Trinajstić information content (AvgIpc) is 2.56. The van der Waals surface area contributed by atoms with E-state index >= 15 is 0 Å². The van der Waals surface area contributed by atoms with Crippen molar-refractivity contribution in [3.63, 3.8) is 0 Å². The van der Waals surface area contributed by atoms with Crippen LogP contribution in [0.2, 0.25) is 15.4 Å². The molecule has 2 rings (SSSR count). The third-order valence-corrected chi connectivity index (χ3v) is 6.16. The Hall–Kier alpha value is -0.705. The summed E-state index contributed by atoms with van der Waals surface area (Å²) < 4.78 is 0. The molecule has 0 amide bonds. The van der Waals surface area contributed by atoms with Gasteiger partial charge in [-0.05, 0) is 56.0 Å². The Labute approximate surface area is 155 Å². The number of halogens is 2. The van der Waals surface area contributed by atoms with Crippen LogP contribution in [-0.4, -0.2) is 36.9 Å². The number of hydrogen-bond donors (Lipinski definition) is 1. The molecular formula is C18H26BCl2NO2. The lowest BCUT2D eigenvalue weighted by Gasteiger charge is -2.40. The van der Waals surface area contributed by atoms with E-state index in [0.29, 0.717) is 10.0 Å². The molecule has 1 aromatic carbocycles. The number of rotatable bonds is 7. The monoisotopic (exact) mass is 369 g/mol. The minimum Gasteiger partial charge on any atom is -0.481 e. The fourth-order valence-electron chi connectivity index (χ4n) is 3.65. The van der Waals surface area contributed by atoms with Gasteiger partial charge < -0.3 is 5.11 Å². The highest BCUT2D eigenvalue weighted by Crippen LogP contribution is 2.44. The van der Waals surface area contributed by atoms with Crippen LogP contribution in [0, 0.1) is 5.92 Å². The second-order valence-electron chi connectivity index (χ2n) is 7.13. The number of carbonyl (C=O) groups is 1. The fourth-order valence-corrected chi connectivity index (χ4v) is 3.97. The molecule has 0 saturated carbocycles. The van der Waals surface area contributed by atoms with Gasteiger partial charge >= 0.3 is 5.97 Å². The molecular weight excluding hydrogens is 344 g/mol. The van der Waals surface area contributed by atoms with Gasteiger partial charge in [-0.1, -0.05) is 49.0 Å². The predicted molar refractivity (Wildman–Crippen MR) is 103 cm³/mol. The molecule has 0 aromatic heterocycles. The molecule has 24 heavy (non-hydrogen) atoms. The minimum absolute atomic E-state index is 0.256. The highest BCUT2D eigenvalue weighted by molar-refractivity contribution is 6.42. The van der Waals surface area contributed by atoms with Crippen molar-refractivity contribution in [2.45, 2.75) is 50.9 Å². The molecule has 1 saturated heterocycles. The van der Waals surface area contributed by atoms with Crippen LogP contribution >= 0.6 is 23.2 Å². The van der Waals surface area contributed by atoms with Gasteiger partial charge in [0, 0.05) is 11.9 Å². The number of carboxylic acid groups (broad SMARTS) is 1. The maximum atomic E-state index is 11.8.